The van der Waals surface area contributed by atoms with Crippen molar-refractivity contribution < 1.29 is 40.0 Å². The van der Waals surface area contributed by atoms with Gasteiger partial charge in [-0.2, -0.15) is 26.3 Å². The maximum Gasteiger partial charge on any atom is 0.391 e. The number of halogens is 6. The summed E-state index contributed by atoms with van der Waals surface area (Å²) in [4.78, 5) is 0. The molecule has 98 valence electrons. The predicted octanol–water partition coefficient (Wildman–Crippen LogP) is 3.31. The number of alkyl halides is 6. The third-order valence-electron chi connectivity index (χ3n) is 1.21. The fourth-order valence-corrected chi connectivity index (χ4v) is 1.16. The molecule has 0 unspecified atom stereocenters. The Morgan fingerprint density at radius 3 is 1.38 bits per heavy atom. The summed E-state index contributed by atoms with van der Waals surface area (Å²) in [6.07, 6.45) is -11.6. The quantitative estimate of drug-likeness (QED) is 0.550. The molecule has 0 amide bonds. The van der Waals surface area contributed by atoms with Crippen LogP contribution >= 0.6 is 8.25 Å². The second-order valence-electron chi connectivity index (χ2n) is 2.68. The van der Waals surface area contributed by atoms with Gasteiger partial charge < -0.3 is 9.05 Å². The molecule has 0 saturated carbocycles. The standard InChI is InChI=1S/C6H9F6O3P/c7-5(8,9)1-3-14-16(13)15-4-2-6(10,11)12/h16H,1-4H2. The molecule has 0 aliphatic heterocycles. The molecule has 0 aromatic rings. The maximum atomic E-state index is 11.6. The van der Waals surface area contributed by atoms with Gasteiger partial charge in [-0.15, -0.1) is 0 Å². The lowest BCUT2D eigenvalue weighted by Crippen LogP contribution is -2.11. The van der Waals surface area contributed by atoms with Crippen LogP contribution in [0.25, 0.3) is 0 Å². The van der Waals surface area contributed by atoms with Crippen LogP contribution in [0.15, 0.2) is 0 Å². The molecule has 0 radical (unpaired) electrons. The normalized spacial score (nSPS) is 13.4. The van der Waals surface area contributed by atoms with Crippen LogP contribution < -0.4 is 0 Å². The largest absolute Gasteiger partial charge is 0.391 e. The molecule has 16 heavy (non-hydrogen) atoms. The lowest BCUT2D eigenvalue weighted by Gasteiger charge is -2.08. The summed E-state index contributed by atoms with van der Waals surface area (Å²) in [5.41, 5.74) is 0. The van der Waals surface area contributed by atoms with E-state index in [0.29, 0.717) is 0 Å². The Labute approximate surface area is 87.7 Å². The molecule has 0 N–H and O–H groups in total. The Balaban J connectivity index is 3.53. The maximum absolute atomic E-state index is 11.6. The van der Waals surface area contributed by atoms with Gasteiger partial charge in [0, 0.05) is 0 Å². The summed E-state index contributed by atoms with van der Waals surface area (Å²) in [5, 5.41) is 0. The van der Waals surface area contributed by atoms with Crippen LogP contribution in [-0.4, -0.2) is 25.6 Å². The van der Waals surface area contributed by atoms with Crippen molar-refractivity contribution >= 4 is 8.25 Å². The average Bonchev–Trinajstić information content (AvgIpc) is 1.98. The lowest BCUT2D eigenvalue weighted by molar-refractivity contribution is -0.141. The summed E-state index contributed by atoms with van der Waals surface area (Å²) in [6.45, 7) is -1.79. The van der Waals surface area contributed by atoms with Crippen LogP contribution in [0, 0.1) is 0 Å². The van der Waals surface area contributed by atoms with Crippen molar-refractivity contribution in [3.05, 3.63) is 0 Å². The minimum Gasteiger partial charge on any atom is -0.310 e. The van der Waals surface area contributed by atoms with Crippen molar-refractivity contribution in [3.8, 4) is 0 Å². The Bertz CT molecular complexity index is 203. The zero-order valence-corrected chi connectivity index (χ0v) is 8.82. The van der Waals surface area contributed by atoms with Gasteiger partial charge in [0.15, 0.2) is 0 Å². The van der Waals surface area contributed by atoms with Crippen molar-refractivity contribution in [2.75, 3.05) is 13.2 Å². The van der Waals surface area contributed by atoms with Gasteiger partial charge in [-0.1, -0.05) is 0 Å². The number of hydrogen-bond donors (Lipinski definition) is 0. The molecule has 0 aliphatic rings. The highest BCUT2D eigenvalue weighted by atomic mass is 31.1. The highest BCUT2D eigenvalue weighted by molar-refractivity contribution is 7.33. The fraction of sp³-hybridized carbons (Fsp3) is 1.00. The van der Waals surface area contributed by atoms with E-state index in [1.807, 2.05) is 0 Å². The van der Waals surface area contributed by atoms with Crippen molar-refractivity contribution in [1.82, 2.24) is 0 Å². The van der Waals surface area contributed by atoms with Gasteiger partial charge in [0.05, 0.1) is 26.1 Å². The third-order valence-corrected chi connectivity index (χ3v) is 2.09. The summed E-state index contributed by atoms with van der Waals surface area (Å²) in [6, 6.07) is 0. The van der Waals surface area contributed by atoms with Crippen LogP contribution in [-0.2, 0) is 13.6 Å². The third kappa shape index (κ3) is 11.8. The second-order valence-corrected chi connectivity index (χ2v) is 3.75. The van der Waals surface area contributed by atoms with E-state index in [9.17, 15) is 30.9 Å². The fourth-order valence-electron chi connectivity index (χ4n) is 0.542. The summed E-state index contributed by atoms with van der Waals surface area (Å²) >= 11 is 0. The molecule has 0 heterocycles. The van der Waals surface area contributed by atoms with E-state index in [4.69, 9.17) is 0 Å². The van der Waals surface area contributed by atoms with E-state index in [-0.39, 0.29) is 0 Å². The first kappa shape index (κ1) is 15.7. The summed E-state index contributed by atoms with van der Waals surface area (Å²) in [7, 11) is -3.28. The molecular formula is C6H9F6O3P. The highest BCUT2D eigenvalue weighted by Crippen LogP contribution is 2.29. The van der Waals surface area contributed by atoms with Crippen LogP contribution in [0.2, 0.25) is 0 Å². The van der Waals surface area contributed by atoms with Crippen LogP contribution in [0.5, 0.6) is 0 Å². The van der Waals surface area contributed by atoms with E-state index >= 15 is 0 Å². The molecule has 0 aromatic heterocycles. The average molecular weight is 274 g/mol. The van der Waals surface area contributed by atoms with E-state index in [0.717, 1.165) is 0 Å². The van der Waals surface area contributed by atoms with Crippen molar-refractivity contribution in [1.29, 1.82) is 0 Å². The molecule has 0 aliphatic carbocycles. The van der Waals surface area contributed by atoms with Crippen molar-refractivity contribution in [2.24, 2.45) is 0 Å². The molecule has 0 spiro atoms. The first-order chi connectivity index (χ1) is 7.10. The van der Waals surface area contributed by atoms with Crippen LogP contribution in [0.1, 0.15) is 12.8 Å². The number of hydrogen-bond acceptors (Lipinski definition) is 3. The van der Waals surface area contributed by atoms with Gasteiger partial charge in [0.1, 0.15) is 0 Å². The second kappa shape index (κ2) is 6.46. The lowest BCUT2D eigenvalue weighted by atomic mass is 10.5. The van der Waals surface area contributed by atoms with Gasteiger partial charge in [0.25, 0.3) is 0 Å². The molecule has 0 atom stereocenters. The Morgan fingerprint density at radius 2 is 1.12 bits per heavy atom. The van der Waals surface area contributed by atoms with Crippen molar-refractivity contribution in [3.63, 3.8) is 0 Å². The van der Waals surface area contributed by atoms with Crippen LogP contribution in [0.3, 0.4) is 0 Å². The zero-order valence-electron chi connectivity index (χ0n) is 7.82. The van der Waals surface area contributed by atoms with Gasteiger partial charge in [-0.05, 0) is 0 Å². The van der Waals surface area contributed by atoms with Crippen LogP contribution in [0.4, 0.5) is 26.3 Å². The minimum absolute atomic E-state index is 0.896. The smallest absolute Gasteiger partial charge is 0.310 e. The Kier molecular flexibility index (Phi) is 6.35. The molecule has 10 heteroatoms. The summed E-state index contributed by atoms with van der Waals surface area (Å²) in [5.74, 6) is 0. The predicted molar refractivity (Wildman–Crippen MR) is 42.2 cm³/mol. The molecule has 3 nitrogen and oxygen atoms in total. The highest BCUT2D eigenvalue weighted by Gasteiger charge is 2.28. The first-order valence-electron chi connectivity index (χ1n) is 4.03. The molecule has 0 bridgehead atoms. The molecule has 0 aromatic carbocycles. The van der Waals surface area contributed by atoms with E-state index in [2.05, 4.69) is 9.05 Å². The topological polar surface area (TPSA) is 35.5 Å². The first-order valence-corrected chi connectivity index (χ1v) is 5.26. The van der Waals surface area contributed by atoms with E-state index < -0.39 is 46.7 Å². The van der Waals surface area contributed by atoms with Gasteiger partial charge in [-0.25, -0.2) is 0 Å². The zero-order chi connectivity index (χ0) is 12.8. The molecular weight excluding hydrogens is 265 g/mol. The molecule has 0 saturated heterocycles. The van der Waals surface area contributed by atoms with Gasteiger partial charge in [-0.3, -0.25) is 4.57 Å². The van der Waals surface area contributed by atoms with E-state index in [1.54, 1.807) is 0 Å². The van der Waals surface area contributed by atoms with Crippen molar-refractivity contribution in [2.45, 2.75) is 25.2 Å². The SMILES string of the molecule is O=[PH](OCCC(F)(F)F)OCCC(F)(F)F. The minimum atomic E-state index is -4.46. The summed E-state index contributed by atoms with van der Waals surface area (Å²) < 4.78 is 88.1. The van der Waals surface area contributed by atoms with Gasteiger partial charge >= 0.3 is 20.6 Å². The Morgan fingerprint density at radius 1 is 0.812 bits per heavy atom. The monoisotopic (exact) mass is 274 g/mol. The molecule has 0 rings (SSSR count). The molecule has 0 fully saturated rings. The van der Waals surface area contributed by atoms with E-state index in [1.165, 1.54) is 0 Å². The number of rotatable bonds is 6. The Hall–Kier alpha value is -0.270. The van der Waals surface area contributed by atoms with Gasteiger partial charge in [0.2, 0.25) is 0 Å².